The SMILES string of the molecule is CN=C(NCc1cc(F)ccc1F)NC1CCN(S(=O)(=O)C(F)(F)F)CC1.I. The highest BCUT2D eigenvalue weighted by molar-refractivity contribution is 14.0. The van der Waals surface area contributed by atoms with Crippen molar-refractivity contribution in [1.29, 1.82) is 0 Å². The van der Waals surface area contributed by atoms with Crippen LogP contribution in [0.15, 0.2) is 23.2 Å². The van der Waals surface area contributed by atoms with Crippen LogP contribution < -0.4 is 10.6 Å². The molecule has 6 nitrogen and oxygen atoms in total. The van der Waals surface area contributed by atoms with E-state index >= 15 is 0 Å². The van der Waals surface area contributed by atoms with Gasteiger partial charge >= 0.3 is 15.5 Å². The van der Waals surface area contributed by atoms with Crippen LogP contribution in [0.5, 0.6) is 0 Å². The van der Waals surface area contributed by atoms with Crippen molar-refractivity contribution in [3.8, 4) is 0 Å². The lowest BCUT2D eigenvalue weighted by molar-refractivity contribution is -0.0494. The van der Waals surface area contributed by atoms with E-state index in [4.69, 9.17) is 0 Å². The van der Waals surface area contributed by atoms with Crippen molar-refractivity contribution in [2.24, 2.45) is 4.99 Å². The van der Waals surface area contributed by atoms with Crippen molar-refractivity contribution >= 4 is 40.0 Å². The van der Waals surface area contributed by atoms with Gasteiger partial charge in [0.15, 0.2) is 5.96 Å². The van der Waals surface area contributed by atoms with E-state index in [1.54, 1.807) is 0 Å². The summed E-state index contributed by atoms with van der Waals surface area (Å²) < 4.78 is 87.7. The van der Waals surface area contributed by atoms with Gasteiger partial charge in [-0.1, -0.05) is 0 Å². The van der Waals surface area contributed by atoms with Gasteiger partial charge in [0, 0.05) is 38.3 Å². The van der Waals surface area contributed by atoms with Crippen molar-refractivity contribution in [3.05, 3.63) is 35.4 Å². The summed E-state index contributed by atoms with van der Waals surface area (Å²) in [6.07, 6.45) is 0.286. The van der Waals surface area contributed by atoms with Gasteiger partial charge in [-0.2, -0.15) is 17.5 Å². The van der Waals surface area contributed by atoms with E-state index in [1.807, 2.05) is 0 Å². The summed E-state index contributed by atoms with van der Waals surface area (Å²) in [5.74, 6) is -0.935. The zero-order chi connectivity index (χ0) is 20.2. The Kier molecular flexibility index (Phi) is 8.87. The van der Waals surface area contributed by atoms with Crippen LogP contribution in [-0.4, -0.2) is 50.4 Å². The lowest BCUT2D eigenvalue weighted by atomic mass is 10.1. The summed E-state index contributed by atoms with van der Waals surface area (Å²) in [6.45, 7) is -0.616. The number of aliphatic imine (C=N–C) groups is 1. The molecule has 28 heavy (non-hydrogen) atoms. The van der Waals surface area contributed by atoms with Gasteiger partial charge in [0.2, 0.25) is 0 Å². The molecule has 0 unspecified atom stereocenters. The van der Waals surface area contributed by atoms with E-state index in [2.05, 4.69) is 15.6 Å². The Morgan fingerprint density at radius 2 is 1.86 bits per heavy atom. The molecule has 1 saturated heterocycles. The number of benzene rings is 1. The quantitative estimate of drug-likeness (QED) is 0.266. The van der Waals surface area contributed by atoms with Crippen LogP contribution in [0.4, 0.5) is 22.0 Å². The Morgan fingerprint density at radius 1 is 1.25 bits per heavy atom. The van der Waals surface area contributed by atoms with Crippen LogP contribution in [-0.2, 0) is 16.6 Å². The highest BCUT2D eigenvalue weighted by Gasteiger charge is 2.50. The zero-order valence-electron chi connectivity index (χ0n) is 14.8. The molecule has 1 aliphatic rings. The van der Waals surface area contributed by atoms with Crippen molar-refractivity contribution < 1.29 is 30.4 Å². The van der Waals surface area contributed by atoms with Crippen LogP contribution >= 0.6 is 24.0 Å². The first-order chi connectivity index (χ1) is 12.5. The molecule has 2 N–H and O–H groups in total. The number of piperidine rings is 1. The average Bonchev–Trinajstić information content (AvgIpc) is 2.60. The third kappa shape index (κ3) is 6.14. The van der Waals surface area contributed by atoms with Crippen LogP contribution in [0.2, 0.25) is 0 Å². The minimum Gasteiger partial charge on any atom is -0.354 e. The predicted molar refractivity (Wildman–Crippen MR) is 105 cm³/mol. The summed E-state index contributed by atoms with van der Waals surface area (Å²) in [5, 5.41) is 5.73. The summed E-state index contributed by atoms with van der Waals surface area (Å²) in [6, 6.07) is 2.72. The predicted octanol–water partition coefficient (Wildman–Crippen LogP) is 2.56. The maximum atomic E-state index is 13.6. The zero-order valence-corrected chi connectivity index (χ0v) is 17.9. The Labute approximate surface area is 176 Å². The normalized spacial score (nSPS) is 17.1. The van der Waals surface area contributed by atoms with Crippen molar-refractivity contribution in [2.75, 3.05) is 20.1 Å². The number of nitrogens with one attached hydrogen (secondary N) is 2. The largest absolute Gasteiger partial charge is 0.511 e. The van der Waals surface area contributed by atoms with Gasteiger partial charge < -0.3 is 10.6 Å². The van der Waals surface area contributed by atoms with Gasteiger partial charge in [-0.3, -0.25) is 4.99 Å². The lowest BCUT2D eigenvalue weighted by Crippen LogP contribution is -2.51. The number of alkyl halides is 3. The third-order valence-corrected chi connectivity index (χ3v) is 5.73. The molecule has 13 heteroatoms. The number of hydrogen-bond acceptors (Lipinski definition) is 3. The molecule has 160 valence electrons. The lowest BCUT2D eigenvalue weighted by Gasteiger charge is -2.32. The maximum Gasteiger partial charge on any atom is 0.511 e. The van der Waals surface area contributed by atoms with Crippen molar-refractivity contribution in [1.82, 2.24) is 14.9 Å². The topological polar surface area (TPSA) is 73.8 Å². The molecule has 0 aromatic heterocycles. The molecule has 0 bridgehead atoms. The standard InChI is InChI=1S/C15H19F5N4O2S.HI/c1-21-14(22-9-10-8-11(16)2-3-13(10)17)23-12-4-6-24(7-5-12)27(25,26)15(18,19)20;/h2-3,8,12H,4-7,9H2,1H3,(H2,21,22,23);1H. The Morgan fingerprint density at radius 3 is 2.39 bits per heavy atom. The summed E-state index contributed by atoms with van der Waals surface area (Å²) in [4.78, 5) is 3.92. The fraction of sp³-hybridized carbons (Fsp3) is 0.533. The molecule has 0 saturated carbocycles. The first kappa shape index (κ1) is 24.8. The number of nitrogens with zero attached hydrogens (tertiary/aromatic N) is 2. The third-order valence-electron chi connectivity index (χ3n) is 4.10. The second-order valence-electron chi connectivity index (χ2n) is 5.93. The highest BCUT2D eigenvalue weighted by atomic mass is 127. The minimum atomic E-state index is -5.33. The van der Waals surface area contributed by atoms with E-state index in [9.17, 15) is 30.4 Å². The van der Waals surface area contributed by atoms with Gasteiger partial charge in [-0.15, -0.1) is 24.0 Å². The van der Waals surface area contributed by atoms with Crippen LogP contribution in [0, 0.1) is 11.6 Å². The molecule has 1 aromatic rings. The number of rotatable bonds is 4. The maximum absolute atomic E-state index is 13.6. The molecule has 1 aliphatic heterocycles. The second kappa shape index (κ2) is 10.0. The monoisotopic (exact) mass is 542 g/mol. The number of hydrogen-bond donors (Lipinski definition) is 2. The second-order valence-corrected chi connectivity index (χ2v) is 7.86. The minimum absolute atomic E-state index is 0. The van der Waals surface area contributed by atoms with E-state index in [1.165, 1.54) is 7.05 Å². The molecule has 2 rings (SSSR count). The Bertz CT molecular complexity index is 796. The molecule has 1 aromatic carbocycles. The van der Waals surface area contributed by atoms with E-state index in [0.717, 1.165) is 18.2 Å². The van der Waals surface area contributed by atoms with Crippen LogP contribution in [0.25, 0.3) is 0 Å². The van der Waals surface area contributed by atoms with Crippen LogP contribution in [0.3, 0.4) is 0 Å². The van der Waals surface area contributed by atoms with Gasteiger partial charge in [0.1, 0.15) is 11.6 Å². The molecule has 1 heterocycles. The molecular weight excluding hydrogens is 522 g/mol. The fourth-order valence-corrected chi connectivity index (χ4v) is 3.62. The first-order valence-electron chi connectivity index (χ1n) is 8.02. The van der Waals surface area contributed by atoms with Gasteiger partial charge in [-0.25, -0.2) is 17.2 Å². The average molecular weight is 542 g/mol. The molecule has 0 atom stereocenters. The van der Waals surface area contributed by atoms with Gasteiger partial charge in [-0.05, 0) is 31.0 Å². The van der Waals surface area contributed by atoms with Crippen molar-refractivity contribution in [2.45, 2.75) is 30.9 Å². The molecule has 0 radical (unpaired) electrons. The molecule has 0 amide bonds. The summed E-state index contributed by atoms with van der Waals surface area (Å²) in [5.41, 5.74) is -5.23. The van der Waals surface area contributed by atoms with E-state index in [-0.39, 0.29) is 74.0 Å². The van der Waals surface area contributed by atoms with Crippen LogP contribution in [0.1, 0.15) is 18.4 Å². The number of guanidine groups is 1. The Hall–Kier alpha value is -1.22. The molecule has 0 spiro atoms. The molecule has 1 fully saturated rings. The van der Waals surface area contributed by atoms with Crippen molar-refractivity contribution in [3.63, 3.8) is 0 Å². The molecular formula is C15H20F5IN4O2S. The smallest absolute Gasteiger partial charge is 0.354 e. The van der Waals surface area contributed by atoms with E-state index < -0.39 is 27.2 Å². The van der Waals surface area contributed by atoms with Gasteiger partial charge in [0.05, 0.1) is 0 Å². The Balaban J connectivity index is 0.00000392. The highest BCUT2D eigenvalue weighted by Crippen LogP contribution is 2.28. The molecule has 0 aliphatic carbocycles. The number of halogens is 6. The fourth-order valence-electron chi connectivity index (χ4n) is 2.63. The van der Waals surface area contributed by atoms with Gasteiger partial charge in [0.25, 0.3) is 0 Å². The van der Waals surface area contributed by atoms with E-state index in [0.29, 0.717) is 4.31 Å². The number of sulfonamides is 1. The summed E-state index contributed by atoms with van der Waals surface area (Å²) in [7, 11) is -3.88. The first-order valence-corrected chi connectivity index (χ1v) is 9.46. The summed E-state index contributed by atoms with van der Waals surface area (Å²) >= 11 is 0.